The highest BCUT2D eigenvalue weighted by molar-refractivity contribution is 5.94. The van der Waals surface area contributed by atoms with Crippen LogP contribution in [0.15, 0.2) is 54.6 Å². The van der Waals surface area contributed by atoms with Crippen LogP contribution in [0.25, 0.3) is 0 Å². The highest BCUT2D eigenvalue weighted by Gasteiger charge is 2.28. The summed E-state index contributed by atoms with van der Waals surface area (Å²) in [5, 5.41) is 16.4. The Morgan fingerprint density at radius 2 is 1.78 bits per heavy atom. The van der Waals surface area contributed by atoms with Crippen LogP contribution in [0, 0.1) is 16.0 Å². The summed E-state index contributed by atoms with van der Waals surface area (Å²) < 4.78 is 0. The maximum absolute atomic E-state index is 12.5. The molecule has 27 heavy (non-hydrogen) atoms. The van der Waals surface area contributed by atoms with Gasteiger partial charge in [0.15, 0.2) is 0 Å². The molecule has 140 valence electrons. The number of carbonyl (C=O) groups excluding carboxylic acids is 2. The molecule has 2 aromatic rings. The lowest BCUT2D eigenvalue weighted by Crippen LogP contribution is -2.45. The molecule has 1 aliphatic heterocycles. The van der Waals surface area contributed by atoms with Crippen molar-refractivity contribution in [2.24, 2.45) is 5.92 Å². The molecular weight excluding hydrogens is 348 g/mol. The number of piperidine rings is 1. The highest BCUT2D eigenvalue weighted by Crippen LogP contribution is 2.21. The minimum atomic E-state index is -0.513. The summed E-state index contributed by atoms with van der Waals surface area (Å²) in [6.45, 7) is 0.843. The van der Waals surface area contributed by atoms with Gasteiger partial charge in [0.2, 0.25) is 5.91 Å². The lowest BCUT2D eigenvalue weighted by molar-refractivity contribution is -0.384. The van der Waals surface area contributed by atoms with Gasteiger partial charge in [-0.15, -0.1) is 0 Å². The fourth-order valence-corrected chi connectivity index (χ4v) is 3.04. The van der Waals surface area contributed by atoms with E-state index in [2.05, 4.69) is 10.6 Å². The maximum atomic E-state index is 12.5. The highest BCUT2D eigenvalue weighted by atomic mass is 16.6. The van der Waals surface area contributed by atoms with E-state index in [1.165, 1.54) is 18.2 Å². The number of nitro benzene ring substituents is 1. The summed E-state index contributed by atoms with van der Waals surface area (Å²) in [4.78, 5) is 36.9. The number of likely N-dealkylation sites (tertiary alicyclic amines) is 1. The Hall–Kier alpha value is -3.42. The van der Waals surface area contributed by atoms with Crippen LogP contribution in [0.5, 0.6) is 0 Å². The minimum absolute atomic E-state index is 0.0911. The van der Waals surface area contributed by atoms with Crippen molar-refractivity contribution in [1.82, 2.24) is 4.90 Å². The van der Waals surface area contributed by atoms with E-state index in [4.69, 9.17) is 0 Å². The van der Waals surface area contributed by atoms with Gasteiger partial charge in [0, 0.05) is 36.6 Å². The van der Waals surface area contributed by atoms with E-state index in [9.17, 15) is 19.7 Å². The molecule has 3 rings (SSSR count). The summed E-state index contributed by atoms with van der Waals surface area (Å²) in [5.41, 5.74) is 0.984. The number of hydrogen-bond donors (Lipinski definition) is 2. The lowest BCUT2D eigenvalue weighted by Gasteiger charge is -2.32. The second-order valence-corrected chi connectivity index (χ2v) is 6.38. The van der Waals surface area contributed by atoms with Crippen LogP contribution in [0.2, 0.25) is 0 Å². The molecule has 0 aliphatic carbocycles. The SMILES string of the molecule is O=C(Nc1ccccc1)C1CCCN(C(=O)Nc2cccc([N+](=O)[O-])c2)C1. The van der Waals surface area contributed by atoms with Crippen molar-refractivity contribution in [2.75, 3.05) is 23.7 Å². The van der Waals surface area contributed by atoms with E-state index in [0.717, 1.165) is 12.1 Å². The number of non-ortho nitro benzene ring substituents is 1. The Labute approximate surface area is 156 Å². The van der Waals surface area contributed by atoms with Crippen molar-refractivity contribution in [3.63, 3.8) is 0 Å². The first-order valence-electron chi connectivity index (χ1n) is 8.69. The normalized spacial score (nSPS) is 16.4. The number of para-hydroxylation sites is 1. The quantitative estimate of drug-likeness (QED) is 0.637. The topological polar surface area (TPSA) is 105 Å². The number of anilines is 2. The van der Waals surface area contributed by atoms with Crippen molar-refractivity contribution in [3.05, 3.63) is 64.7 Å². The molecule has 0 spiro atoms. The van der Waals surface area contributed by atoms with Crippen LogP contribution >= 0.6 is 0 Å². The van der Waals surface area contributed by atoms with Crippen molar-refractivity contribution >= 4 is 29.0 Å². The first-order chi connectivity index (χ1) is 13.0. The molecule has 0 bridgehead atoms. The van der Waals surface area contributed by atoms with Gasteiger partial charge in [-0.25, -0.2) is 4.79 Å². The predicted octanol–water partition coefficient (Wildman–Crippen LogP) is 3.48. The molecule has 1 saturated heterocycles. The fraction of sp³-hybridized carbons (Fsp3) is 0.263. The molecule has 0 aromatic heterocycles. The third-order valence-corrected chi connectivity index (χ3v) is 4.43. The van der Waals surface area contributed by atoms with Gasteiger partial charge >= 0.3 is 6.03 Å². The summed E-state index contributed by atoms with van der Waals surface area (Å²) in [6.07, 6.45) is 1.43. The van der Waals surface area contributed by atoms with Crippen molar-refractivity contribution < 1.29 is 14.5 Å². The van der Waals surface area contributed by atoms with Gasteiger partial charge in [-0.2, -0.15) is 0 Å². The summed E-state index contributed by atoms with van der Waals surface area (Å²) >= 11 is 0. The van der Waals surface area contributed by atoms with E-state index in [0.29, 0.717) is 25.2 Å². The Morgan fingerprint density at radius 1 is 1.04 bits per heavy atom. The Bertz CT molecular complexity index is 841. The van der Waals surface area contributed by atoms with Gasteiger partial charge in [-0.05, 0) is 31.0 Å². The maximum Gasteiger partial charge on any atom is 0.321 e. The minimum Gasteiger partial charge on any atom is -0.326 e. The summed E-state index contributed by atoms with van der Waals surface area (Å²) in [7, 11) is 0. The zero-order valence-electron chi connectivity index (χ0n) is 14.6. The third kappa shape index (κ3) is 4.81. The van der Waals surface area contributed by atoms with Gasteiger partial charge in [0.05, 0.1) is 10.8 Å². The third-order valence-electron chi connectivity index (χ3n) is 4.43. The van der Waals surface area contributed by atoms with E-state index in [-0.39, 0.29) is 23.5 Å². The first-order valence-corrected chi connectivity index (χ1v) is 8.69. The van der Waals surface area contributed by atoms with Crippen molar-refractivity contribution in [3.8, 4) is 0 Å². The van der Waals surface area contributed by atoms with Crippen LogP contribution in [0.3, 0.4) is 0 Å². The standard InChI is InChI=1S/C19H20N4O4/c24-18(20-15-7-2-1-3-8-15)14-6-5-11-22(13-14)19(25)21-16-9-4-10-17(12-16)23(26)27/h1-4,7-10,12,14H,5-6,11,13H2,(H,20,24)(H,21,25). The molecule has 1 atom stereocenters. The fourth-order valence-electron chi connectivity index (χ4n) is 3.04. The Morgan fingerprint density at radius 3 is 2.52 bits per heavy atom. The van der Waals surface area contributed by atoms with Gasteiger partial charge in [0.1, 0.15) is 0 Å². The van der Waals surface area contributed by atoms with Crippen molar-refractivity contribution in [1.29, 1.82) is 0 Å². The molecule has 8 heteroatoms. The zero-order valence-corrected chi connectivity index (χ0v) is 14.6. The molecule has 1 fully saturated rings. The zero-order chi connectivity index (χ0) is 19.2. The van der Waals surface area contributed by atoms with Gasteiger partial charge in [0.25, 0.3) is 5.69 Å². The predicted molar refractivity (Wildman–Crippen MR) is 101 cm³/mol. The number of amides is 3. The molecule has 1 aliphatic rings. The van der Waals surface area contributed by atoms with E-state index >= 15 is 0 Å². The Balaban J connectivity index is 1.60. The van der Waals surface area contributed by atoms with Gasteiger partial charge in [-0.3, -0.25) is 14.9 Å². The molecule has 1 heterocycles. The average Bonchev–Trinajstić information content (AvgIpc) is 2.69. The van der Waals surface area contributed by atoms with E-state index in [1.54, 1.807) is 11.0 Å². The lowest BCUT2D eigenvalue weighted by atomic mass is 9.97. The number of urea groups is 1. The molecule has 0 radical (unpaired) electrons. The van der Waals surface area contributed by atoms with Crippen LogP contribution in [0.4, 0.5) is 21.9 Å². The smallest absolute Gasteiger partial charge is 0.321 e. The average molecular weight is 368 g/mol. The number of hydrogen-bond acceptors (Lipinski definition) is 4. The van der Waals surface area contributed by atoms with Crippen LogP contribution in [0.1, 0.15) is 12.8 Å². The second-order valence-electron chi connectivity index (χ2n) is 6.38. The summed E-state index contributed by atoms with van der Waals surface area (Å²) in [6, 6.07) is 14.6. The molecule has 1 unspecified atom stereocenters. The molecule has 2 N–H and O–H groups in total. The number of rotatable bonds is 4. The molecule has 2 aromatic carbocycles. The largest absolute Gasteiger partial charge is 0.326 e. The number of benzene rings is 2. The first kappa shape index (κ1) is 18.4. The van der Waals surface area contributed by atoms with E-state index in [1.807, 2.05) is 30.3 Å². The van der Waals surface area contributed by atoms with Crippen LogP contribution in [-0.2, 0) is 4.79 Å². The van der Waals surface area contributed by atoms with Crippen LogP contribution in [-0.4, -0.2) is 34.9 Å². The molecule has 8 nitrogen and oxygen atoms in total. The monoisotopic (exact) mass is 368 g/mol. The number of nitrogens with one attached hydrogen (secondary N) is 2. The number of nitro groups is 1. The van der Waals surface area contributed by atoms with Crippen molar-refractivity contribution in [2.45, 2.75) is 12.8 Å². The van der Waals surface area contributed by atoms with Gasteiger partial charge < -0.3 is 15.5 Å². The van der Waals surface area contributed by atoms with E-state index < -0.39 is 4.92 Å². The molecular formula is C19H20N4O4. The number of nitrogens with zero attached hydrogens (tertiary/aromatic N) is 2. The van der Waals surface area contributed by atoms with Gasteiger partial charge in [-0.1, -0.05) is 24.3 Å². The Kier molecular flexibility index (Phi) is 5.65. The number of carbonyl (C=O) groups is 2. The van der Waals surface area contributed by atoms with Crippen LogP contribution < -0.4 is 10.6 Å². The molecule has 3 amide bonds. The molecule has 0 saturated carbocycles. The second kappa shape index (κ2) is 8.31. The summed E-state index contributed by atoms with van der Waals surface area (Å²) in [5.74, 6) is -0.413.